The summed E-state index contributed by atoms with van der Waals surface area (Å²) in [6, 6.07) is 1.44. The van der Waals surface area contributed by atoms with Gasteiger partial charge in [0.25, 0.3) is 0 Å². The Morgan fingerprint density at radius 3 is 3.00 bits per heavy atom. The molecule has 0 aliphatic heterocycles. The predicted octanol–water partition coefficient (Wildman–Crippen LogP) is 0.568. The standard InChI is InChI=1S/C9H14N2O4/c1-6(15-4-2-3-12)7-5-8(9(13)14)11-10-7/h5-6,12H,2-4H2,1H3,(H,10,11)(H,13,14). The number of aromatic nitrogens is 2. The van der Waals surface area contributed by atoms with Crippen molar-refractivity contribution < 1.29 is 19.7 Å². The molecule has 0 amide bonds. The monoisotopic (exact) mass is 214 g/mol. The van der Waals surface area contributed by atoms with Crippen molar-refractivity contribution in [3.8, 4) is 0 Å². The van der Waals surface area contributed by atoms with E-state index in [0.29, 0.717) is 18.7 Å². The van der Waals surface area contributed by atoms with E-state index >= 15 is 0 Å². The van der Waals surface area contributed by atoms with Gasteiger partial charge in [-0.2, -0.15) is 5.10 Å². The lowest BCUT2D eigenvalue weighted by molar-refractivity contribution is 0.0527. The van der Waals surface area contributed by atoms with Crippen LogP contribution in [0.25, 0.3) is 0 Å². The van der Waals surface area contributed by atoms with Crippen LogP contribution in [-0.4, -0.2) is 39.6 Å². The van der Waals surface area contributed by atoms with Gasteiger partial charge in [-0.3, -0.25) is 5.10 Å². The van der Waals surface area contributed by atoms with Crippen LogP contribution in [0.1, 0.15) is 35.6 Å². The van der Waals surface area contributed by atoms with Gasteiger partial charge >= 0.3 is 5.97 Å². The van der Waals surface area contributed by atoms with Gasteiger partial charge in [0, 0.05) is 13.2 Å². The maximum Gasteiger partial charge on any atom is 0.356 e. The van der Waals surface area contributed by atoms with Crippen LogP contribution in [0.15, 0.2) is 6.07 Å². The summed E-state index contributed by atoms with van der Waals surface area (Å²) in [6.07, 6.45) is 0.307. The van der Waals surface area contributed by atoms with Crippen molar-refractivity contribution in [2.75, 3.05) is 13.2 Å². The molecular weight excluding hydrogens is 200 g/mol. The van der Waals surface area contributed by atoms with Crippen molar-refractivity contribution >= 4 is 5.97 Å². The van der Waals surface area contributed by atoms with E-state index in [0.717, 1.165) is 0 Å². The molecule has 84 valence electrons. The molecule has 3 N–H and O–H groups in total. The molecule has 1 atom stereocenters. The van der Waals surface area contributed by atoms with Gasteiger partial charge in [-0.1, -0.05) is 0 Å². The number of nitrogens with zero attached hydrogens (tertiary/aromatic N) is 1. The van der Waals surface area contributed by atoms with E-state index < -0.39 is 5.97 Å². The molecular formula is C9H14N2O4. The fourth-order valence-electron chi connectivity index (χ4n) is 1.07. The number of hydrogen-bond acceptors (Lipinski definition) is 4. The summed E-state index contributed by atoms with van der Waals surface area (Å²) in [6.45, 7) is 2.30. The number of rotatable bonds is 6. The lowest BCUT2D eigenvalue weighted by Crippen LogP contribution is -2.03. The van der Waals surface area contributed by atoms with Crippen LogP contribution in [0.5, 0.6) is 0 Å². The predicted molar refractivity (Wildman–Crippen MR) is 51.6 cm³/mol. The van der Waals surface area contributed by atoms with Gasteiger partial charge in [0.05, 0.1) is 11.8 Å². The molecule has 0 aliphatic rings. The van der Waals surface area contributed by atoms with Gasteiger partial charge in [-0.25, -0.2) is 4.79 Å². The van der Waals surface area contributed by atoms with Gasteiger partial charge < -0.3 is 14.9 Å². The van der Waals surface area contributed by atoms with Crippen molar-refractivity contribution in [3.05, 3.63) is 17.5 Å². The average Bonchev–Trinajstić information content (AvgIpc) is 2.66. The molecule has 0 bridgehead atoms. The summed E-state index contributed by atoms with van der Waals surface area (Å²) in [5.41, 5.74) is 0.591. The van der Waals surface area contributed by atoms with Crippen LogP contribution in [0.2, 0.25) is 0 Å². The summed E-state index contributed by atoms with van der Waals surface area (Å²) in [4.78, 5) is 10.5. The molecule has 15 heavy (non-hydrogen) atoms. The second-order valence-corrected chi connectivity index (χ2v) is 3.10. The second kappa shape index (κ2) is 5.47. The zero-order chi connectivity index (χ0) is 11.3. The van der Waals surface area contributed by atoms with E-state index in [9.17, 15) is 4.79 Å². The molecule has 1 unspecified atom stereocenters. The third-order valence-corrected chi connectivity index (χ3v) is 1.93. The molecule has 6 nitrogen and oxygen atoms in total. The molecule has 0 radical (unpaired) electrons. The van der Waals surface area contributed by atoms with Crippen molar-refractivity contribution in [1.29, 1.82) is 0 Å². The number of hydrogen-bond donors (Lipinski definition) is 3. The lowest BCUT2D eigenvalue weighted by atomic mass is 10.2. The molecule has 0 aliphatic carbocycles. The Kier molecular flexibility index (Phi) is 4.26. The van der Waals surface area contributed by atoms with Crippen LogP contribution in [0.3, 0.4) is 0 Å². The molecule has 1 aromatic rings. The first-order chi connectivity index (χ1) is 7.15. The molecule has 0 saturated carbocycles. The van der Waals surface area contributed by atoms with Gasteiger partial charge in [0.15, 0.2) is 5.69 Å². The smallest absolute Gasteiger partial charge is 0.356 e. The molecule has 1 heterocycles. The van der Waals surface area contributed by atoms with Crippen molar-refractivity contribution in [2.24, 2.45) is 0 Å². The number of carboxylic acid groups (broad SMARTS) is 1. The van der Waals surface area contributed by atoms with Crippen LogP contribution in [0, 0.1) is 0 Å². The van der Waals surface area contributed by atoms with E-state index in [4.69, 9.17) is 14.9 Å². The van der Waals surface area contributed by atoms with Crippen LogP contribution in [-0.2, 0) is 4.74 Å². The molecule has 0 saturated heterocycles. The van der Waals surface area contributed by atoms with Gasteiger partial charge in [0.1, 0.15) is 0 Å². The van der Waals surface area contributed by atoms with Crippen molar-refractivity contribution in [3.63, 3.8) is 0 Å². The zero-order valence-corrected chi connectivity index (χ0v) is 8.43. The summed E-state index contributed by atoms with van der Waals surface area (Å²) in [5, 5.41) is 23.4. The molecule has 0 fully saturated rings. The molecule has 6 heteroatoms. The van der Waals surface area contributed by atoms with Crippen molar-refractivity contribution in [1.82, 2.24) is 10.2 Å². The summed E-state index contributed by atoms with van der Waals surface area (Å²) >= 11 is 0. The van der Waals surface area contributed by atoms with Gasteiger partial charge in [0.2, 0.25) is 0 Å². The Bertz CT molecular complexity index is 324. The Balaban J connectivity index is 2.50. The third kappa shape index (κ3) is 3.34. The van der Waals surface area contributed by atoms with E-state index in [1.807, 2.05) is 0 Å². The van der Waals surface area contributed by atoms with Gasteiger partial charge in [-0.05, 0) is 19.4 Å². The highest BCUT2D eigenvalue weighted by Gasteiger charge is 2.13. The summed E-state index contributed by atoms with van der Waals surface area (Å²) < 4.78 is 5.34. The topological polar surface area (TPSA) is 95.4 Å². The first-order valence-electron chi connectivity index (χ1n) is 4.66. The minimum absolute atomic E-state index is 0.0254. The molecule has 0 spiro atoms. The normalized spacial score (nSPS) is 12.7. The third-order valence-electron chi connectivity index (χ3n) is 1.93. The average molecular weight is 214 g/mol. The fourth-order valence-corrected chi connectivity index (χ4v) is 1.07. The van der Waals surface area contributed by atoms with Crippen LogP contribution >= 0.6 is 0 Å². The van der Waals surface area contributed by atoms with Crippen LogP contribution < -0.4 is 0 Å². The number of aromatic amines is 1. The molecule has 1 aromatic heterocycles. The van der Waals surface area contributed by atoms with Crippen LogP contribution in [0.4, 0.5) is 0 Å². The lowest BCUT2D eigenvalue weighted by Gasteiger charge is -2.09. The van der Waals surface area contributed by atoms with E-state index in [1.54, 1.807) is 6.92 Å². The number of carbonyl (C=O) groups is 1. The quantitative estimate of drug-likeness (QED) is 0.601. The number of aliphatic hydroxyl groups excluding tert-OH is 1. The minimum atomic E-state index is -1.07. The van der Waals surface area contributed by atoms with Crippen molar-refractivity contribution in [2.45, 2.75) is 19.4 Å². The Morgan fingerprint density at radius 1 is 1.73 bits per heavy atom. The Labute approximate surface area is 86.9 Å². The highest BCUT2D eigenvalue weighted by atomic mass is 16.5. The largest absolute Gasteiger partial charge is 0.476 e. The highest BCUT2D eigenvalue weighted by molar-refractivity contribution is 5.85. The van der Waals surface area contributed by atoms with Gasteiger partial charge in [-0.15, -0.1) is 0 Å². The number of ether oxygens (including phenoxy) is 1. The summed E-state index contributed by atoms with van der Waals surface area (Å²) in [5.74, 6) is -1.07. The fraction of sp³-hybridized carbons (Fsp3) is 0.556. The SMILES string of the molecule is CC(OCCCO)c1cc(C(=O)O)n[nH]1. The molecule has 0 aromatic carbocycles. The number of carboxylic acids is 1. The first kappa shape index (κ1) is 11.7. The highest BCUT2D eigenvalue weighted by Crippen LogP contribution is 2.14. The first-order valence-corrected chi connectivity index (χ1v) is 4.66. The summed E-state index contributed by atoms with van der Waals surface area (Å²) in [7, 11) is 0. The second-order valence-electron chi connectivity index (χ2n) is 3.10. The Hall–Kier alpha value is -1.40. The van der Waals surface area contributed by atoms with E-state index in [-0.39, 0.29) is 18.4 Å². The number of H-pyrrole nitrogens is 1. The Morgan fingerprint density at radius 2 is 2.47 bits per heavy atom. The maximum atomic E-state index is 10.5. The molecule has 1 rings (SSSR count). The minimum Gasteiger partial charge on any atom is -0.476 e. The maximum absolute atomic E-state index is 10.5. The number of aliphatic hydroxyl groups is 1. The van der Waals surface area contributed by atoms with E-state index in [2.05, 4.69) is 10.2 Å². The number of nitrogens with one attached hydrogen (secondary N) is 1. The number of aromatic carboxylic acids is 1. The van der Waals surface area contributed by atoms with E-state index in [1.165, 1.54) is 6.07 Å². The zero-order valence-electron chi connectivity index (χ0n) is 8.43.